The number of amides is 1. The zero-order valence-electron chi connectivity index (χ0n) is 9.55. The van der Waals surface area contributed by atoms with Crippen LogP contribution in [0.1, 0.15) is 46.5 Å². The Bertz CT molecular complexity index is 194. The smallest absolute Gasteiger partial charge is 0.241 e. The highest BCUT2D eigenvalue weighted by atomic mass is 16.2. The molecule has 1 aliphatic rings. The molecule has 3 nitrogen and oxygen atoms in total. The van der Waals surface area contributed by atoms with Gasteiger partial charge in [-0.2, -0.15) is 0 Å². The van der Waals surface area contributed by atoms with E-state index in [1.54, 1.807) is 0 Å². The van der Waals surface area contributed by atoms with E-state index in [1.807, 2.05) is 4.90 Å². The molecule has 0 aromatic rings. The van der Waals surface area contributed by atoms with Gasteiger partial charge in [-0.15, -0.1) is 0 Å². The summed E-state index contributed by atoms with van der Waals surface area (Å²) in [4.78, 5) is 13.8. The fourth-order valence-electron chi connectivity index (χ4n) is 1.92. The summed E-state index contributed by atoms with van der Waals surface area (Å²) in [6.45, 7) is 7.12. The molecule has 0 bridgehead atoms. The summed E-state index contributed by atoms with van der Waals surface area (Å²) in [5, 5.41) is 3.24. The molecule has 2 atom stereocenters. The summed E-state index contributed by atoms with van der Waals surface area (Å²) in [5.41, 5.74) is 0. The van der Waals surface area contributed by atoms with Crippen LogP contribution in [0.2, 0.25) is 0 Å². The third-order valence-electron chi connectivity index (χ3n) is 3.00. The summed E-state index contributed by atoms with van der Waals surface area (Å²) in [6.07, 6.45) is 4.44. The number of hydrogen-bond acceptors (Lipinski definition) is 2. The van der Waals surface area contributed by atoms with E-state index in [2.05, 4.69) is 26.1 Å². The molecule has 1 saturated heterocycles. The molecule has 82 valence electrons. The first-order chi connectivity index (χ1) is 6.70. The molecule has 3 heteroatoms. The monoisotopic (exact) mass is 198 g/mol. The Balaban J connectivity index is 2.41. The third kappa shape index (κ3) is 2.47. The van der Waals surface area contributed by atoms with Gasteiger partial charge in [0.2, 0.25) is 5.91 Å². The lowest BCUT2D eigenvalue weighted by Crippen LogP contribution is -2.36. The van der Waals surface area contributed by atoms with Crippen LogP contribution in [-0.4, -0.2) is 29.6 Å². The number of unbranched alkanes of at least 4 members (excludes halogenated alkanes) is 1. The Morgan fingerprint density at radius 2 is 2.29 bits per heavy atom. The lowest BCUT2D eigenvalue weighted by atomic mass is 10.1. The molecular weight excluding hydrogens is 176 g/mol. The fourth-order valence-corrected chi connectivity index (χ4v) is 1.92. The van der Waals surface area contributed by atoms with E-state index in [1.165, 1.54) is 12.8 Å². The largest absolute Gasteiger partial charge is 0.326 e. The summed E-state index contributed by atoms with van der Waals surface area (Å²) < 4.78 is 0. The summed E-state index contributed by atoms with van der Waals surface area (Å²) >= 11 is 0. The Hall–Kier alpha value is -0.570. The van der Waals surface area contributed by atoms with Crippen LogP contribution in [0.25, 0.3) is 0 Å². The number of nitrogens with zero attached hydrogens (tertiary/aromatic N) is 1. The Morgan fingerprint density at radius 3 is 2.79 bits per heavy atom. The van der Waals surface area contributed by atoms with Gasteiger partial charge in [-0.3, -0.25) is 10.1 Å². The van der Waals surface area contributed by atoms with Gasteiger partial charge in [0.25, 0.3) is 0 Å². The number of rotatable bonds is 5. The minimum Gasteiger partial charge on any atom is -0.326 e. The second-order valence-corrected chi connectivity index (χ2v) is 4.12. The van der Waals surface area contributed by atoms with Gasteiger partial charge in [0.15, 0.2) is 0 Å². The zero-order valence-corrected chi connectivity index (χ0v) is 9.55. The van der Waals surface area contributed by atoms with Crippen molar-refractivity contribution in [2.75, 3.05) is 6.67 Å². The highest BCUT2D eigenvalue weighted by Crippen LogP contribution is 2.14. The van der Waals surface area contributed by atoms with Gasteiger partial charge in [-0.05, 0) is 19.8 Å². The fraction of sp³-hybridized carbons (Fsp3) is 0.909. The second kappa shape index (κ2) is 5.35. The molecule has 1 heterocycles. The maximum atomic E-state index is 11.8. The standard InChI is InChI=1S/C11H22N2O/c1-4-6-7-9(3)13-8-12-10(5-2)11(13)14/h9-10,12H,4-8H2,1-3H3. The van der Waals surface area contributed by atoms with Gasteiger partial charge in [-0.25, -0.2) is 0 Å². The van der Waals surface area contributed by atoms with Gasteiger partial charge in [0, 0.05) is 6.04 Å². The molecule has 1 aliphatic heterocycles. The first kappa shape index (κ1) is 11.5. The van der Waals surface area contributed by atoms with Gasteiger partial charge in [0.1, 0.15) is 0 Å². The van der Waals surface area contributed by atoms with Gasteiger partial charge >= 0.3 is 0 Å². The maximum Gasteiger partial charge on any atom is 0.241 e. The quantitative estimate of drug-likeness (QED) is 0.729. The number of carbonyl (C=O) groups excluding carboxylic acids is 1. The predicted molar refractivity (Wildman–Crippen MR) is 57.9 cm³/mol. The van der Waals surface area contributed by atoms with Crippen molar-refractivity contribution < 1.29 is 4.79 Å². The average Bonchev–Trinajstić information content (AvgIpc) is 2.56. The number of nitrogens with one attached hydrogen (secondary N) is 1. The van der Waals surface area contributed by atoms with E-state index in [0.29, 0.717) is 6.04 Å². The molecule has 1 fully saturated rings. The topological polar surface area (TPSA) is 32.3 Å². The number of carbonyl (C=O) groups is 1. The average molecular weight is 198 g/mol. The van der Waals surface area contributed by atoms with Crippen LogP contribution in [0.5, 0.6) is 0 Å². The van der Waals surface area contributed by atoms with Crippen LogP contribution >= 0.6 is 0 Å². The second-order valence-electron chi connectivity index (χ2n) is 4.12. The first-order valence-electron chi connectivity index (χ1n) is 5.74. The van der Waals surface area contributed by atoms with Crippen molar-refractivity contribution in [1.29, 1.82) is 0 Å². The molecule has 0 spiro atoms. The van der Waals surface area contributed by atoms with Crippen LogP contribution < -0.4 is 5.32 Å². The van der Waals surface area contributed by atoms with Crippen LogP contribution in [0.3, 0.4) is 0 Å². The molecule has 1 N–H and O–H groups in total. The Morgan fingerprint density at radius 1 is 1.57 bits per heavy atom. The van der Waals surface area contributed by atoms with Crippen molar-refractivity contribution >= 4 is 5.91 Å². The third-order valence-corrected chi connectivity index (χ3v) is 3.00. The Labute approximate surface area is 86.9 Å². The highest BCUT2D eigenvalue weighted by Gasteiger charge is 2.31. The summed E-state index contributed by atoms with van der Waals surface area (Å²) in [7, 11) is 0. The SMILES string of the molecule is CCCCC(C)N1CNC(CC)C1=O. The van der Waals surface area contributed by atoms with E-state index in [-0.39, 0.29) is 11.9 Å². The van der Waals surface area contributed by atoms with E-state index in [9.17, 15) is 4.79 Å². The van der Waals surface area contributed by atoms with E-state index < -0.39 is 0 Å². The molecule has 0 aromatic heterocycles. The highest BCUT2D eigenvalue weighted by molar-refractivity contribution is 5.83. The van der Waals surface area contributed by atoms with Crippen molar-refractivity contribution in [3.63, 3.8) is 0 Å². The molecule has 14 heavy (non-hydrogen) atoms. The van der Waals surface area contributed by atoms with Crippen LogP contribution in [-0.2, 0) is 4.79 Å². The van der Waals surface area contributed by atoms with Crippen molar-refractivity contribution in [2.24, 2.45) is 0 Å². The van der Waals surface area contributed by atoms with E-state index in [0.717, 1.165) is 19.5 Å². The predicted octanol–water partition coefficient (Wildman–Crippen LogP) is 1.73. The molecule has 1 rings (SSSR count). The van der Waals surface area contributed by atoms with Crippen molar-refractivity contribution in [3.8, 4) is 0 Å². The van der Waals surface area contributed by atoms with Gasteiger partial charge in [-0.1, -0.05) is 26.7 Å². The van der Waals surface area contributed by atoms with Crippen molar-refractivity contribution in [1.82, 2.24) is 10.2 Å². The van der Waals surface area contributed by atoms with Crippen molar-refractivity contribution in [3.05, 3.63) is 0 Å². The van der Waals surface area contributed by atoms with E-state index >= 15 is 0 Å². The lowest BCUT2D eigenvalue weighted by Gasteiger charge is -2.23. The first-order valence-corrected chi connectivity index (χ1v) is 5.74. The Kier molecular flexibility index (Phi) is 4.39. The normalized spacial score (nSPS) is 24.4. The van der Waals surface area contributed by atoms with Crippen LogP contribution in [0.4, 0.5) is 0 Å². The number of hydrogen-bond donors (Lipinski definition) is 1. The molecule has 2 unspecified atom stereocenters. The van der Waals surface area contributed by atoms with Crippen LogP contribution in [0.15, 0.2) is 0 Å². The van der Waals surface area contributed by atoms with Gasteiger partial charge in [0.05, 0.1) is 12.7 Å². The van der Waals surface area contributed by atoms with Gasteiger partial charge < -0.3 is 4.90 Å². The van der Waals surface area contributed by atoms with Crippen LogP contribution in [0, 0.1) is 0 Å². The maximum absolute atomic E-state index is 11.8. The minimum absolute atomic E-state index is 0.0686. The summed E-state index contributed by atoms with van der Waals surface area (Å²) in [6, 6.07) is 0.463. The molecule has 0 aromatic carbocycles. The molecule has 1 amide bonds. The van der Waals surface area contributed by atoms with Crippen molar-refractivity contribution in [2.45, 2.75) is 58.5 Å². The zero-order chi connectivity index (χ0) is 10.6. The lowest BCUT2D eigenvalue weighted by molar-refractivity contribution is -0.130. The molecular formula is C11H22N2O. The minimum atomic E-state index is 0.0686. The molecule has 0 aliphatic carbocycles. The van der Waals surface area contributed by atoms with E-state index in [4.69, 9.17) is 0 Å². The molecule has 0 radical (unpaired) electrons. The molecule has 0 saturated carbocycles. The summed E-state index contributed by atoms with van der Waals surface area (Å²) in [5.74, 6) is 0.288.